The molecule has 3 N–H and O–H groups in total. The van der Waals surface area contributed by atoms with Crippen molar-refractivity contribution in [3.8, 4) is 11.4 Å². The second-order valence-electron chi connectivity index (χ2n) is 12.5. The van der Waals surface area contributed by atoms with Gasteiger partial charge in [0, 0.05) is 47.6 Å². The molecule has 0 atom stereocenters. The molecule has 11 heteroatoms. The van der Waals surface area contributed by atoms with Crippen molar-refractivity contribution < 1.29 is 9.53 Å². The number of carbonyl (C=O) groups is 1. The largest absolute Gasteiger partial charge is 0.482 e. The molecule has 8 rings (SSSR count). The maximum atomic E-state index is 13.6. The van der Waals surface area contributed by atoms with Gasteiger partial charge in [-0.2, -0.15) is 4.98 Å². The lowest BCUT2D eigenvalue weighted by Gasteiger charge is -2.30. The number of rotatable bonds is 5. The molecule has 11 nitrogen and oxygen atoms in total. The Morgan fingerprint density at radius 1 is 1.02 bits per heavy atom. The summed E-state index contributed by atoms with van der Waals surface area (Å²) in [4.78, 5) is 37.5. The van der Waals surface area contributed by atoms with Gasteiger partial charge in [0.25, 0.3) is 11.5 Å². The monoisotopic (exact) mass is 604 g/mol. The summed E-state index contributed by atoms with van der Waals surface area (Å²) in [7, 11) is 0. The molecule has 0 radical (unpaired) electrons. The Bertz CT molecular complexity index is 2030. The SMILES string of the molecule is NC1(CCn2ccc3cc(Nc4ncc5c(=O)n6n(c5n4)-c4ccc5c(c4)N(CCCC=CC6)C(=O)CO5)ccc32)CCCC1. The lowest BCUT2D eigenvalue weighted by atomic mass is 9.95. The highest BCUT2D eigenvalue weighted by atomic mass is 16.5. The maximum absolute atomic E-state index is 13.6. The van der Waals surface area contributed by atoms with E-state index >= 15 is 0 Å². The highest BCUT2D eigenvalue weighted by molar-refractivity contribution is 5.98. The van der Waals surface area contributed by atoms with E-state index in [1.54, 1.807) is 15.8 Å². The number of ether oxygens (including phenoxy) is 1. The summed E-state index contributed by atoms with van der Waals surface area (Å²) in [5.41, 5.74) is 10.3. The molecular weight excluding hydrogens is 568 g/mol. The van der Waals surface area contributed by atoms with Crippen LogP contribution in [0.5, 0.6) is 5.75 Å². The number of nitrogens with one attached hydrogen (secondary N) is 1. The van der Waals surface area contributed by atoms with Crippen LogP contribution in [0.25, 0.3) is 27.6 Å². The summed E-state index contributed by atoms with van der Waals surface area (Å²) >= 11 is 0. The van der Waals surface area contributed by atoms with E-state index in [1.165, 1.54) is 12.8 Å². The molecule has 1 fully saturated rings. The average Bonchev–Trinajstić information content (AvgIpc) is 3.73. The molecule has 1 aliphatic carbocycles. The second kappa shape index (κ2) is 10.9. The van der Waals surface area contributed by atoms with Crippen LogP contribution < -0.4 is 26.2 Å². The number of hydrogen-bond donors (Lipinski definition) is 2. The van der Waals surface area contributed by atoms with E-state index in [0.29, 0.717) is 47.2 Å². The fourth-order valence-corrected chi connectivity index (χ4v) is 7.02. The second-order valence-corrected chi connectivity index (χ2v) is 12.5. The van der Waals surface area contributed by atoms with E-state index in [2.05, 4.69) is 45.3 Å². The van der Waals surface area contributed by atoms with Gasteiger partial charge < -0.3 is 25.3 Å². The minimum atomic E-state index is -0.181. The van der Waals surface area contributed by atoms with Crippen molar-refractivity contribution in [2.75, 3.05) is 23.4 Å². The highest BCUT2D eigenvalue weighted by Crippen LogP contribution is 2.35. The molecule has 1 amide bonds. The van der Waals surface area contributed by atoms with Gasteiger partial charge in [0.15, 0.2) is 12.3 Å². The van der Waals surface area contributed by atoms with Gasteiger partial charge in [-0.15, -0.1) is 0 Å². The third kappa shape index (κ3) is 4.97. The fraction of sp³-hybridized carbons (Fsp3) is 0.353. The molecule has 2 bridgehead atoms. The van der Waals surface area contributed by atoms with Crippen LogP contribution in [0.15, 0.2) is 71.8 Å². The summed E-state index contributed by atoms with van der Waals surface area (Å²) in [6, 6.07) is 14.0. The Morgan fingerprint density at radius 2 is 1.91 bits per heavy atom. The number of aryl methyl sites for hydroxylation is 1. The molecule has 1 saturated carbocycles. The first-order valence-corrected chi connectivity index (χ1v) is 15.8. The van der Waals surface area contributed by atoms with E-state index in [9.17, 15) is 9.59 Å². The highest BCUT2D eigenvalue weighted by Gasteiger charge is 2.29. The molecule has 0 unspecified atom stereocenters. The van der Waals surface area contributed by atoms with Crippen molar-refractivity contribution in [2.45, 2.75) is 63.6 Å². The average molecular weight is 605 g/mol. The first-order chi connectivity index (χ1) is 22.0. The number of nitrogens with zero attached hydrogens (tertiary/aromatic N) is 6. The van der Waals surface area contributed by atoms with Gasteiger partial charge in [0.2, 0.25) is 5.95 Å². The van der Waals surface area contributed by atoms with Crippen molar-refractivity contribution in [3.63, 3.8) is 0 Å². The van der Waals surface area contributed by atoms with E-state index in [-0.39, 0.29) is 23.6 Å². The zero-order valence-electron chi connectivity index (χ0n) is 25.1. The number of hydrogen-bond acceptors (Lipinski definition) is 7. The van der Waals surface area contributed by atoms with Gasteiger partial charge in [0.1, 0.15) is 11.1 Å². The molecule has 2 aliphatic heterocycles. The standard InChI is InChI=1S/C34H36N8O3/c35-34(12-3-4-13-34)14-18-39-17-11-23-19-24(7-9-27(23)39)37-33-36-21-26-31(38-33)42-25-8-10-29-28(20-25)40(30(43)22-45-29)15-5-1-2-6-16-41(42)32(26)44/h2,6-11,17,19-21H,1,3-5,12-16,18,22,35H2,(H,36,37,38). The molecule has 45 heavy (non-hydrogen) atoms. The predicted molar refractivity (Wildman–Crippen MR) is 175 cm³/mol. The summed E-state index contributed by atoms with van der Waals surface area (Å²) in [6.45, 7) is 1.90. The lowest BCUT2D eigenvalue weighted by Crippen LogP contribution is -2.39. The number of aromatic nitrogens is 5. The molecule has 3 aromatic heterocycles. The molecule has 2 aromatic carbocycles. The van der Waals surface area contributed by atoms with Gasteiger partial charge in [-0.25, -0.2) is 14.3 Å². The maximum Gasteiger partial charge on any atom is 0.278 e. The van der Waals surface area contributed by atoms with Crippen LogP contribution in [0.4, 0.5) is 17.3 Å². The van der Waals surface area contributed by atoms with Gasteiger partial charge in [0.05, 0.1) is 17.9 Å². The Balaban J connectivity index is 1.14. The lowest BCUT2D eigenvalue weighted by molar-refractivity contribution is -0.121. The quantitative estimate of drug-likeness (QED) is 0.270. The smallest absolute Gasteiger partial charge is 0.278 e. The normalized spacial score (nSPS) is 17.6. The summed E-state index contributed by atoms with van der Waals surface area (Å²) in [5.74, 6) is 0.959. The van der Waals surface area contributed by atoms with Gasteiger partial charge in [-0.3, -0.25) is 9.59 Å². The van der Waals surface area contributed by atoms with Crippen LogP contribution in [-0.4, -0.2) is 48.5 Å². The minimum absolute atomic E-state index is 0.0204. The number of carbonyl (C=O) groups excluding carboxylic acids is 1. The Labute approximate surface area is 259 Å². The van der Waals surface area contributed by atoms with E-state index in [0.717, 1.165) is 55.2 Å². The van der Waals surface area contributed by atoms with E-state index in [1.807, 2.05) is 35.0 Å². The molecule has 5 heterocycles. The minimum Gasteiger partial charge on any atom is -0.482 e. The van der Waals surface area contributed by atoms with Crippen LogP contribution in [0.3, 0.4) is 0 Å². The topological polar surface area (TPSA) is 125 Å². The van der Waals surface area contributed by atoms with Crippen molar-refractivity contribution in [1.29, 1.82) is 0 Å². The van der Waals surface area contributed by atoms with Crippen molar-refractivity contribution in [2.24, 2.45) is 5.73 Å². The number of amides is 1. The third-order valence-electron chi connectivity index (χ3n) is 9.48. The zero-order chi connectivity index (χ0) is 30.5. The van der Waals surface area contributed by atoms with Gasteiger partial charge in [-0.1, -0.05) is 25.0 Å². The number of nitrogens with two attached hydrogens (primary N) is 1. The molecular formula is C34H36N8O3. The van der Waals surface area contributed by atoms with Crippen molar-refractivity contribution in [3.05, 3.63) is 77.4 Å². The Morgan fingerprint density at radius 3 is 2.80 bits per heavy atom. The molecule has 230 valence electrons. The van der Waals surface area contributed by atoms with Gasteiger partial charge >= 0.3 is 0 Å². The van der Waals surface area contributed by atoms with Crippen molar-refractivity contribution >= 4 is 45.2 Å². The zero-order valence-corrected chi connectivity index (χ0v) is 25.1. The number of allylic oxidation sites excluding steroid dienone is 2. The molecule has 0 spiro atoms. The summed E-state index contributed by atoms with van der Waals surface area (Å²) in [6.07, 6.45) is 15.0. The number of benzene rings is 2. The first-order valence-electron chi connectivity index (χ1n) is 15.8. The Hall–Kier alpha value is -4.90. The van der Waals surface area contributed by atoms with Crippen LogP contribution in [0.1, 0.15) is 44.9 Å². The van der Waals surface area contributed by atoms with Crippen LogP contribution in [-0.2, 0) is 17.9 Å². The van der Waals surface area contributed by atoms with E-state index < -0.39 is 0 Å². The predicted octanol–water partition coefficient (Wildman–Crippen LogP) is 5.02. The van der Waals surface area contributed by atoms with Gasteiger partial charge in [-0.05, 0) is 74.6 Å². The Kier molecular flexibility index (Phi) is 6.71. The first kappa shape index (κ1) is 27.6. The van der Waals surface area contributed by atoms with Crippen LogP contribution in [0.2, 0.25) is 0 Å². The molecule has 5 aromatic rings. The third-order valence-corrected chi connectivity index (χ3v) is 9.48. The van der Waals surface area contributed by atoms with Crippen molar-refractivity contribution in [1.82, 2.24) is 23.9 Å². The number of anilines is 3. The van der Waals surface area contributed by atoms with Crippen LogP contribution in [0, 0.1) is 0 Å². The summed E-state index contributed by atoms with van der Waals surface area (Å²) < 4.78 is 11.5. The summed E-state index contributed by atoms with van der Waals surface area (Å²) in [5, 5.41) is 4.88. The molecule has 0 saturated heterocycles. The van der Waals surface area contributed by atoms with E-state index in [4.69, 9.17) is 15.5 Å². The molecule has 3 aliphatic rings. The number of fused-ring (bicyclic) bond motifs is 6. The fourth-order valence-electron chi connectivity index (χ4n) is 7.02. The van der Waals surface area contributed by atoms with Crippen LogP contribution >= 0.6 is 0 Å².